The molecule has 1 aliphatic carbocycles. The Balaban J connectivity index is 1.65. The lowest BCUT2D eigenvalue weighted by Gasteiger charge is -2.19. The van der Waals surface area contributed by atoms with Gasteiger partial charge in [0.2, 0.25) is 5.16 Å². The fourth-order valence-corrected chi connectivity index (χ4v) is 4.91. The van der Waals surface area contributed by atoms with Crippen molar-refractivity contribution < 1.29 is 8.42 Å². The van der Waals surface area contributed by atoms with Crippen LogP contribution in [0.25, 0.3) is 0 Å². The van der Waals surface area contributed by atoms with Gasteiger partial charge in [0.25, 0.3) is 10.0 Å². The summed E-state index contributed by atoms with van der Waals surface area (Å²) in [5.74, 6) is 0.828. The first-order chi connectivity index (χ1) is 12.5. The van der Waals surface area contributed by atoms with Crippen molar-refractivity contribution in [1.82, 2.24) is 14.9 Å². The Kier molecular flexibility index (Phi) is 5.98. The number of rotatable bonds is 8. The van der Waals surface area contributed by atoms with E-state index in [-0.39, 0.29) is 5.16 Å². The Labute approximate surface area is 156 Å². The number of benzene rings is 1. The predicted octanol–water partition coefficient (Wildman–Crippen LogP) is 3.28. The summed E-state index contributed by atoms with van der Waals surface area (Å²) in [6.07, 6.45) is 9.67. The molecule has 0 saturated heterocycles. The van der Waals surface area contributed by atoms with Crippen LogP contribution in [-0.4, -0.2) is 24.0 Å². The predicted molar refractivity (Wildman–Crippen MR) is 103 cm³/mol. The number of hydrogen-bond donors (Lipinski definition) is 2. The average Bonchev–Trinajstić information content (AvgIpc) is 3.25. The highest BCUT2D eigenvalue weighted by molar-refractivity contribution is 7.92. The molecule has 1 saturated carbocycles. The molecule has 6 nitrogen and oxygen atoms in total. The van der Waals surface area contributed by atoms with E-state index in [1.807, 2.05) is 18.2 Å². The number of para-hydroxylation sites is 1. The summed E-state index contributed by atoms with van der Waals surface area (Å²) in [4.78, 5) is 3.94. The topological polar surface area (TPSA) is 76.0 Å². The van der Waals surface area contributed by atoms with E-state index >= 15 is 0 Å². The molecule has 3 rings (SSSR count). The normalized spacial score (nSPS) is 16.7. The van der Waals surface area contributed by atoms with Crippen LogP contribution >= 0.6 is 0 Å². The highest BCUT2D eigenvalue weighted by Crippen LogP contribution is 2.28. The van der Waals surface area contributed by atoms with E-state index in [0.29, 0.717) is 18.3 Å². The van der Waals surface area contributed by atoms with Gasteiger partial charge in [0.15, 0.2) is 0 Å². The second-order valence-electron chi connectivity index (χ2n) is 7.25. The van der Waals surface area contributed by atoms with Gasteiger partial charge in [-0.2, -0.15) is 8.42 Å². The second-order valence-corrected chi connectivity index (χ2v) is 8.83. The van der Waals surface area contributed by atoms with E-state index < -0.39 is 10.0 Å². The summed E-state index contributed by atoms with van der Waals surface area (Å²) in [6.45, 7) is 2.84. The Bertz CT molecular complexity index is 826. The number of aryl methyl sites for hydroxylation is 1. The molecular weight excluding hydrogens is 348 g/mol. The molecule has 7 heteroatoms. The third kappa shape index (κ3) is 4.65. The van der Waals surface area contributed by atoms with Crippen molar-refractivity contribution in [2.75, 3.05) is 4.72 Å². The number of hydrogen-bond acceptors (Lipinski definition) is 4. The average molecular weight is 377 g/mol. The molecule has 1 fully saturated rings. The molecular formula is C19H28N4O2S. The van der Waals surface area contributed by atoms with Gasteiger partial charge in [0.05, 0.1) is 5.69 Å². The molecule has 1 heterocycles. The minimum atomic E-state index is -3.71. The molecule has 0 spiro atoms. The Morgan fingerprint density at radius 1 is 1.27 bits per heavy atom. The quantitative estimate of drug-likeness (QED) is 0.741. The van der Waals surface area contributed by atoms with E-state index in [1.54, 1.807) is 19.3 Å². The van der Waals surface area contributed by atoms with Gasteiger partial charge in [0.1, 0.15) is 0 Å². The van der Waals surface area contributed by atoms with Crippen molar-refractivity contribution in [2.24, 2.45) is 13.0 Å². The molecule has 142 valence electrons. The maximum Gasteiger partial charge on any atom is 0.295 e. The van der Waals surface area contributed by atoms with Gasteiger partial charge in [0, 0.05) is 32.0 Å². The second kappa shape index (κ2) is 8.22. The zero-order chi connectivity index (χ0) is 18.6. The standard InChI is InChI=1S/C19H28N4O2S/c1-15(13-16-7-3-4-8-16)21-14-17-9-5-6-10-18(17)22-26(24,25)19-20-11-12-23(19)2/h5-6,9-12,15-16,21-22H,3-4,7-8,13-14H2,1-2H3/t15-/m0/s1. The van der Waals surface area contributed by atoms with Crippen LogP contribution in [-0.2, 0) is 23.6 Å². The van der Waals surface area contributed by atoms with E-state index in [4.69, 9.17) is 0 Å². The largest absolute Gasteiger partial charge is 0.323 e. The van der Waals surface area contributed by atoms with Gasteiger partial charge in [-0.25, -0.2) is 4.98 Å². The number of imidazole rings is 1. The minimum Gasteiger partial charge on any atom is -0.323 e. The summed E-state index contributed by atoms with van der Waals surface area (Å²) in [7, 11) is -2.04. The number of sulfonamides is 1. The maximum atomic E-state index is 12.6. The minimum absolute atomic E-state index is 0.00913. The molecule has 2 aromatic rings. The summed E-state index contributed by atoms with van der Waals surface area (Å²) < 4.78 is 29.3. The third-order valence-corrected chi connectivity index (χ3v) is 6.44. The van der Waals surface area contributed by atoms with Gasteiger partial charge in [-0.3, -0.25) is 4.72 Å². The molecule has 0 amide bonds. The van der Waals surface area contributed by atoms with E-state index in [0.717, 1.165) is 11.5 Å². The highest BCUT2D eigenvalue weighted by atomic mass is 32.2. The lowest BCUT2D eigenvalue weighted by molar-refractivity contribution is 0.404. The monoisotopic (exact) mass is 376 g/mol. The van der Waals surface area contributed by atoms with Gasteiger partial charge >= 0.3 is 0 Å². The zero-order valence-corrected chi connectivity index (χ0v) is 16.3. The molecule has 2 N–H and O–H groups in total. The van der Waals surface area contributed by atoms with Crippen molar-refractivity contribution in [3.05, 3.63) is 42.2 Å². The first-order valence-corrected chi connectivity index (χ1v) is 10.8. The molecule has 0 aliphatic heterocycles. The van der Waals surface area contributed by atoms with E-state index in [1.165, 1.54) is 42.9 Å². The maximum absolute atomic E-state index is 12.6. The van der Waals surface area contributed by atoms with Gasteiger partial charge in [-0.05, 0) is 30.9 Å². The molecule has 1 aromatic carbocycles. The molecule has 26 heavy (non-hydrogen) atoms. The molecule has 0 unspecified atom stereocenters. The van der Waals surface area contributed by atoms with Gasteiger partial charge in [-0.1, -0.05) is 43.9 Å². The van der Waals surface area contributed by atoms with Crippen LogP contribution in [0.1, 0.15) is 44.6 Å². The molecule has 1 atom stereocenters. The summed E-state index contributed by atoms with van der Waals surface area (Å²) in [5, 5.41) is 3.55. The third-order valence-electron chi connectivity index (χ3n) is 5.08. The van der Waals surface area contributed by atoms with Crippen LogP contribution in [0, 0.1) is 5.92 Å². The van der Waals surface area contributed by atoms with Crippen LogP contribution in [0.15, 0.2) is 41.8 Å². The lowest BCUT2D eigenvalue weighted by Crippen LogP contribution is -2.28. The fourth-order valence-electron chi connectivity index (χ4n) is 3.69. The van der Waals surface area contributed by atoms with Gasteiger partial charge < -0.3 is 9.88 Å². The Morgan fingerprint density at radius 2 is 2.00 bits per heavy atom. The van der Waals surface area contributed by atoms with Crippen molar-refractivity contribution in [3.8, 4) is 0 Å². The van der Waals surface area contributed by atoms with Crippen molar-refractivity contribution in [1.29, 1.82) is 0 Å². The van der Waals surface area contributed by atoms with Crippen LogP contribution in [0.3, 0.4) is 0 Å². The van der Waals surface area contributed by atoms with Crippen LogP contribution < -0.4 is 10.0 Å². The van der Waals surface area contributed by atoms with Crippen molar-refractivity contribution in [2.45, 2.75) is 56.8 Å². The Morgan fingerprint density at radius 3 is 2.69 bits per heavy atom. The highest BCUT2D eigenvalue weighted by Gasteiger charge is 2.21. The van der Waals surface area contributed by atoms with Gasteiger partial charge in [-0.15, -0.1) is 0 Å². The molecule has 1 aromatic heterocycles. The summed E-state index contributed by atoms with van der Waals surface area (Å²) >= 11 is 0. The smallest absolute Gasteiger partial charge is 0.295 e. The number of aromatic nitrogens is 2. The summed E-state index contributed by atoms with van der Waals surface area (Å²) in [5.41, 5.74) is 1.53. The first kappa shape index (κ1) is 18.9. The lowest BCUT2D eigenvalue weighted by atomic mass is 9.99. The van der Waals surface area contributed by atoms with E-state index in [2.05, 4.69) is 21.9 Å². The van der Waals surface area contributed by atoms with Crippen LogP contribution in [0.2, 0.25) is 0 Å². The Hall–Kier alpha value is -1.86. The zero-order valence-electron chi connectivity index (χ0n) is 15.5. The SMILES string of the molecule is C[C@@H](CC1CCCC1)NCc1ccccc1NS(=O)(=O)c1nccn1C. The summed E-state index contributed by atoms with van der Waals surface area (Å²) in [6, 6.07) is 7.92. The fraction of sp³-hybridized carbons (Fsp3) is 0.526. The number of nitrogens with one attached hydrogen (secondary N) is 2. The molecule has 0 bridgehead atoms. The van der Waals surface area contributed by atoms with E-state index in [9.17, 15) is 8.42 Å². The van der Waals surface area contributed by atoms with Crippen LogP contribution in [0.5, 0.6) is 0 Å². The molecule has 1 aliphatic rings. The first-order valence-electron chi connectivity index (χ1n) is 9.27. The number of nitrogens with zero attached hydrogens (tertiary/aromatic N) is 2. The van der Waals surface area contributed by atoms with Crippen LogP contribution in [0.4, 0.5) is 5.69 Å². The number of anilines is 1. The van der Waals surface area contributed by atoms with Crippen molar-refractivity contribution in [3.63, 3.8) is 0 Å². The molecule has 0 radical (unpaired) electrons. The van der Waals surface area contributed by atoms with Crippen molar-refractivity contribution >= 4 is 15.7 Å².